The Morgan fingerprint density at radius 2 is 2.00 bits per heavy atom. The molecule has 0 aromatic heterocycles. The van der Waals surface area contributed by atoms with Crippen molar-refractivity contribution in [1.29, 1.82) is 0 Å². The standard InChI is InChI=1S/C15H19ClO3S/c1-20(18,19)15-7-6-12(10-14(15)16)13(8-9-17)11-4-2-3-5-11/h6-7,9-11,13H,2-5,8H2,1H3/t13-/m1/s1. The van der Waals surface area contributed by atoms with Gasteiger partial charge < -0.3 is 4.79 Å². The molecule has 0 spiro atoms. The number of carbonyl (C=O) groups is 1. The Morgan fingerprint density at radius 1 is 1.35 bits per heavy atom. The van der Waals surface area contributed by atoms with Crippen LogP contribution in [-0.4, -0.2) is 21.0 Å². The van der Waals surface area contributed by atoms with Crippen molar-refractivity contribution in [2.24, 2.45) is 5.92 Å². The minimum absolute atomic E-state index is 0.152. The van der Waals surface area contributed by atoms with Crippen LogP contribution in [0, 0.1) is 5.92 Å². The monoisotopic (exact) mass is 314 g/mol. The number of carbonyl (C=O) groups excluding carboxylic acids is 1. The van der Waals surface area contributed by atoms with E-state index in [-0.39, 0.29) is 15.8 Å². The van der Waals surface area contributed by atoms with Crippen molar-refractivity contribution in [2.75, 3.05) is 6.26 Å². The Labute approximate surface area is 125 Å². The van der Waals surface area contributed by atoms with Gasteiger partial charge in [-0.15, -0.1) is 0 Å². The molecule has 5 heteroatoms. The molecule has 0 aliphatic heterocycles. The van der Waals surface area contributed by atoms with Gasteiger partial charge in [0.15, 0.2) is 9.84 Å². The van der Waals surface area contributed by atoms with Crippen LogP contribution in [0.1, 0.15) is 43.6 Å². The molecule has 0 saturated heterocycles. The van der Waals surface area contributed by atoms with Gasteiger partial charge >= 0.3 is 0 Å². The van der Waals surface area contributed by atoms with Gasteiger partial charge in [0.05, 0.1) is 9.92 Å². The largest absolute Gasteiger partial charge is 0.303 e. The summed E-state index contributed by atoms with van der Waals surface area (Å²) in [5.74, 6) is 0.654. The highest BCUT2D eigenvalue weighted by Crippen LogP contribution is 2.40. The van der Waals surface area contributed by atoms with Crippen molar-refractivity contribution in [3.63, 3.8) is 0 Å². The molecule has 1 aliphatic rings. The topological polar surface area (TPSA) is 51.2 Å². The summed E-state index contributed by atoms with van der Waals surface area (Å²) in [6.45, 7) is 0. The first-order valence-corrected chi connectivity index (χ1v) is 9.13. The molecular weight excluding hydrogens is 296 g/mol. The molecule has 1 saturated carbocycles. The van der Waals surface area contributed by atoms with Gasteiger partial charge in [0.25, 0.3) is 0 Å². The maximum Gasteiger partial charge on any atom is 0.176 e. The number of halogens is 1. The molecule has 0 radical (unpaired) electrons. The summed E-state index contributed by atoms with van der Waals surface area (Å²) < 4.78 is 23.2. The lowest BCUT2D eigenvalue weighted by Gasteiger charge is -2.22. The predicted molar refractivity (Wildman–Crippen MR) is 79.9 cm³/mol. The van der Waals surface area contributed by atoms with E-state index in [1.54, 1.807) is 18.2 Å². The normalized spacial score (nSPS) is 18.1. The first-order valence-electron chi connectivity index (χ1n) is 6.86. The van der Waals surface area contributed by atoms with Gasteiger partial charge in [-0.2, -0.15) is 0 Å². The molecule has 110 valence electrons. The Balaban J connectivity index is 2.34. The number of hydrogen-bond acceptors (Lipinski definition) is 3. The van der Waals surface area contributed by atoms with Gasteiger partial charge in [-0.1, -0.05) is 30.5 Å². The summed E-state index contributed by atoms with van der Waals surface area (Å²) in [5.41, 5.74) is 0.974. The van der Waals surface area contributed by atoms with Crippen molar-refractivity contribution in [3.8, 4) is 0 Å². The minimum atomic E-state index is -3.31. The number of benzene rings is 1. The molecule has 1 aromatic rings. The average molecular weight is 315 g/mol. The highest BCUT2D eigenvalue weighted by molar-refractivity contribution is 7.90. The van der Waals surface area contributed by atoms with E-state index >= 15 is 0 Å². The molecule has 0 heterocycles. The fourth-order valence-electron chi connectivity index (χ4n) is 3.11. The second kappa shape index (κ2) is 6.27. The van der Waals surface area contributed by atoms with E-state index in [2.05, 4.69) is 0 Å². The SMILES string of the molecule is CS(=O)(=O)c1ccc([C@H](CC=O)C2CCCC2)cc1Cl. The van der Waals surface area contributed by atoms with E-state index in [4.69, 9.17) is 11.6 Å². The van der Waals surface area contributed by atoms with Crippen LogP contribution in [0.5, 0.6) is 0 Å². The Kier molecular flexibility index (Phi) is 4.86. The second-order valence-corrected chi connectivity index (χ2v) is 7.91. The summed E-state index contributed by atoms with van der Waals surface area (Å²) in [5, 5.41) is 0.249. The maximum absolute atomic E-state index is 11.6. The molecule has 1 fully saturated rings. The van der Waals surface area contributed by atoms with Crippen LogP contribution in [0.15, 0.2) is 23.1 Å². The number of hydrogen-bond donors (Lipinski definition) is 0. The quantitative estimate of drug-likeness (QED) is 0.780. The molecule has 3 nitrogen and oxygen atoms in total. The van der Waals surface area contributed by atoms with Crippen LogP contribution in [0.25, 0.3) is 0 Å². The Bertz CT molecular complexity index is 589. The Hall–Kier alpha value is -0.870. The zero-order valence-electron chi connectivity index (χ0n) is 11.5. The van der Waals surface area contributed by atoms with Crippen LogP contribution in [0.2, 0.25) is 5.02 Å². The highest BCUT2D eigenvalue weighted by Gasteiger charge is 2.27. The third-order valence-electron chi connectivity index (χ3n) is 4.10. The van der Waals surface area contributed by atoms with Crippen molar-refractivity contribution in [3.05, 3.63) is 28.8 Å². The van der Waals surface area contributed by atoms with Gasteiger partial charge in [0.2, 0.25) is 0 Å². The number of rotatable bonds is 5. The van der Waals surface area contributed by atoms with E-state index in [0.717, 1.165) is 30.9 Å². The van der Waals surface area contributed by atoms with Gasteiger partial charge in [0, 0.05) is 12.7 Å². The van der Waals surface area contributed by atoms with Crippen LogP contribution in [0.4, 0.5) is 0 Å². The third kappa shape index (κ3) is 3.41. The second-order valence-electron chi connectivity index (χ2n) is 5.52. The summed E-state index contributed by atoms with van der Waals surface area (Å²) in [6, 6.07) is 5.07. The fraction of sp³-hybridized carbons (Fsp3) is 0.533. The van der Waals surface area contributed by atoms with E-state index in [0.29, 0.717) is 12.3 Å². The van der Waals surface area contributed by atoms with E-state index in [9.17, 15) is 13.2 Å². The summed E-state index contributed by atoms with van der Waals surface area (Å²) in [7, 11) is -3.31. The molecule has 0 bridgehead atoms. The molecule has 20 heavy (non-hydrogen) atoms. The summed E-state index contributed by atoms with van der Waals surface area (Å²) in [4.78, 5) is 11.1. The molecule has 0 N–H and O–H groups in total. The molecule has 0 amide bonds. The molecule has 1 aromatic carbocycles. The smallest absolute Gasteiger partial charge is 0.176 e. The van der Waals surface area contributed by atoms with Gasteiger partial charge in [-0.25, -0.2) is 8.42 Å². The van der Waals surface area contributed by atoms with E-state index in [1.165, 1.54) is 12.8 Å². The summed E-state index contributed by atoms with van der Waals surface area (Å²) >= 11 is 6.10. The van der Waals surface area contributed by atoms with Gasteiger partial charge in [-0.3, -0.25) is 0 Å². The average Bonchev–Trinajstić information content (AvgIpc) is 2.87. The van der Waals surface area contributed by atoms with Crippen LogP contribution in [-0.2, 0) is 14.6 Å². The predicted octanol–water partition coefficient (Wildman–Crippen LogP) is 3.61. The fourth-order valence-corrected chi connectivity index (χ4v) is 4.45. The lowest BCUT2D eigenvalue weighted by Crippen LogP contribution is -2.11. The molecule has 1 atom stereocenters. The maximum atomic E-state index is 11.6. The summed E-state index contributed by atoms with van der Waals surface area (Å²) in [6.07, 6.45) is 7.23. The minimum Gasteiger partial charge on any atom is -0.303 e. The molecule has 2 rings (SSSR count). The van der Waals surface area contributed by atoms with Gasteiger partial charge in [0.1, 0.15) is 6.29 Å². The van der Waals surface area contributed by atoms with Crippen molar-refractivity contribution < 1.29 is 13.2 Å². The third-order valence-corrected chi connectivity index (χ3v) is 5.68. The van der Waals surface area contributed by atoms with E-state index in [1.807, 2.05) is 0 Å². The first kappa shape index (κ1) is 15.5. The van der Waals surface area contributed by atoms with Crippen molar-refractivity contribution in [2.45, 2.75) is 42.9 Å². The van der Waals surface area contributed by atoms with Crippen molar-refractivity contribution >= 4 is 27.7 Å². The molecular formula is C15H19ClO3S. The van der Waals surface area contributed by atoms with Crippen LogP contribution < -0.4 is 0 Å². The van der Waals surface area contributed by atoms with Crippen LogP contribution in [0.3, 0.4) is 0 Å². The van der Waals surface area contributed by atoms with Crippen molar-refractivity contribution in [1.82, 2.24) is 0 Å². The lowest BCUT2D eigenvalue weighted by molar-refractivity contribution is -0.108. The molecule has 0 unspecified atom stereocenters. The number of aldehydes is 1. The Morgan fingerprint density at radius 3 is 2.50 bits per heavy atom. The zero-order valence-corrected chi connectivity index (χ0v) is 13.1. The highest BCUT2D eigenvalue weighted by atomic mass is 35.5. The first-order chi connectivity index (χ1) is 9.43. The van der Waals surface area contributed by atoms with Gasteiger partial charge in [-0.05, 0) is 42.4 Å². The lowest BCUT2D eigenvalue weighted by atomic mass is 9.83. The zero-order chi connectivity index (χ0) is 14.8. The van der Waals surface area contributed by atoms with Crippen LogP contribution >= 0.6 is 11.6 Å². The number of sulfone groups is 1. The molecule has 1 aliphatic carbocycles. The van der Waals surface area contributed by atoms with E-state index < -0.39 is 9.84 Å².